The summed E-state index contributed by atoms with van der Waals surface area (Å²) in [5, 5.41) is 6.86. The summed E-state index contributed by atoms with van der Waals surface area (Å²) in [6.45, 7) is 12.0. The van der Waals surface area contributed by atoms with Gasteiger partial charge in [-0.1, -0.05) is 24.3 Å². The SMILES string of the molecule is CC(C)N1C(=O)OCc2cnc(N[C@@H](C)c3ccc(CN4CC5(CCNCC5)C4)cc3)nc21. The molecule has 1 atom stereocenters. The Morgan fingerprint density at radius 2 is 1.88 bits per heavy atom. The largest absolute Gasteiger partial charge is 0.444 e. The number of piperidine rings is 1. The van der Waals surface area contributed by atoms with Gasteiger partial charge in [0.25, 0.3) is 0 Å². The van der Waals surface area contributed by atoms with Crippen LogP contribution in [0.2, 0.25) is 0 Å². The Bertz CT molecular complexity index is 994. The van der Waals surface area contributed by atoms with Crippen molar-refractivity contribution in [2.24, 2.45) is 5.41 Å². The maximum Gasteiger partial charge on any atom is 0.416 e. The zero-order valence-electron chi connectivity index (χ0n) is 19.8. The molecule has 0 bridgehead atoms. The van der Waals surface area contributed by atoms with Crippen LogP contribution in [0.3, 0.4) is 0 Å². The van der Waals surface area contributed by atoms with Crippen LogP contribution in [0.1, 0.15) is 56.3 Å². The summed E-state index contributed by atoms with van der Waals surface area (Å²) in [6, 6.07) is 8.82. The molecule has 2 saturated heterocycles. The van der Waals surface area contributed by atoms with E-state index in [1.165, 1.54) is 50.1 Å². The molecule has 176 valence electrons. The van der Waals surface area contributed by atoms with Crippen molar-refractivity contribution in [3.63, 3.8) is 0 Å². The molecule has 0 aliphatic carbocycles. The number of aromatic nitrogens is 2. The maximum atomic E-state index is 12.2. The number of hydrogen-bond acceptors (Lipinski definition) is 7. The first kappa shape index (κ1) is 22.1. The number of anilines is 2. The van der Waals surface area contributed by atoms with Crippen molar-refractivity contribution in [3.8, 4) is 0 Å². The lowest BCUT2D eigenvalue weighted by Gasteiger charge is -2.52. The molecule has 8 nitrogen and oxygen atoms in total. The molecule has 1 aromatic carbocycles. The van der Waals surface area contributed by atoms with Gasteiger partial charge in [0.15, 0.2) is 0 Å². The van der Waals surface area contributed by atoms with Crippen LogP contribution in [0.15, 0.2) is 30.5 Å². The predicted molar refractivity (Wildman–Crippen MR) is 128 cm³/mol. The second-order valence-electron chi connectivity index (χ2n) is 10.1. The second kappa shape index (κ2) is 8.91. The number of rotatable bonds is 6. The van der Waals surface area contributed by atoms with Crippen LogP contribution in [-0.4, -0.2) is 53.2 Å². The standard InChI is InChI=1S/C25H34N6O2/c1-17(2)31-22-21(14-33-24(31)32)12-27-23(29-22)28-18(3)20-6-4-19(5-7-20)13-30-15-25(16-30)8-10-26-11-9-25/h4-7,12,17-18,26H,8-11,13-16H2,1-3H3,(H,27,28,29)/t18-/m0/s1. The van der Waals surface area contributed by atoms with Crippen molar-refractivity contribution in [3.05, 3.63) is 47.2 Å². The number of fused-ring (bicyclic) bond motifs is 1. The fourth-order valence-corrected chi connectivity index (χ4v) is 5.26. The number of likely N-dealkylation sites (tertiary alicyclic amines) is 1. The molecule has 1 aromatic heterocycles. The fraction of sp³-hybridized carbons (Fsp3) is 0.560. The topological polar surface area (TPSA) is 82.6 Å². The van der Waals surface area contributed by atoms with Crippen molar-refractivity contribution in [1.82, 2.24) is 20.2 Å². The Balaban J connectivity index is 1.20. The number of benzene rings is 1. The smallest absolute Gasteiger partial charge is 0.416 e. The van der Waals surface area contributed by atoms with Gasteiger partial charge in [0.1, 0.15) is 12.4 Å². The molecule has 8 heteroatoms. The number of cyclic esters (lactones) is 1. The molecule has 4 heterocycles. The van der Waals surface area contributed by atoms with Gasteiger partial charge in [-0.25, -0.2) is 9.78 Å². The summed E-state index contributed by atoms with van der Waals surface area (Å²) >= 11 is 0. The van der Waals surface area contributed by atoms with Crippen LogP contribution >= 0.6 is 0 Å². The monoisotopic (exact) mass is 450 g/mol. The quantitative estimate of drug-likeness (QED) is 0.694. The molecule has 0 saturated carbocycles. The average molecular weight is 451 g/mol. The number of carbonyl (C=O) groups excluding carboxylic acids is 1. The van der Waals surface area contributed by atoms with E-state index in [1.54, 1.807) is 11.1 Å². The van der Waals surface area contributed by atoms with E-state index in [0.717, 1.165) is 12.1 Å². The molecule has 33 heavy (non-hydrogen) atoms. The normalized spacial score (nSPS) is 20.8. The van der Waals surface area contributed by atoms with E-state index < -0.39 is 0 Å². The second-order valence-corrected chi connectivity index (χ2v) is 10.1. The van der Waals surface area contributed by atoms with E-state index in [9.17, 15) is 4.79 Å². The minimum atomic E-state index is -0.362. The van der Waals surface area contributed by atoms with Gasteiger partial charge in [0, 0.05) is 31.9 Å². The molecular weight excluding hydrogens is 416 g/mol. The van der Waals surface area contributed by atoms with Crippen LogP contribution < -0.4 is 15.5 Å². The Labute approximate surface area is 195 Å². The number of amides is 1. The molecule has 0 unspecified atom stereocenters. The first-order valence-corrected chi connectivity index (χ1v) is 12.0. The van der Waals surface area contributed by atoms with Gasteiger partial charge < -0.3 is 15.4 Å². The summed E-state index contributed by atoms with van der Waals surface area (Å²) in [4.78, 5) is 25.4. The number of nitrogens with zero attached hydrogens (tertiary/aromatic N) is 4. The van der Waals surface area contributed by atoms with Crippen LogP contribution in [0.4, 0.5) is 16.6 Å². The number of carbonyl (C=O) groups is 1. The number of hydrogen-bond donors (Lipinski definition) is 2. The van der Waals surface area contributed by atoms with E-state index in [4.69, 9.17) is 4.74 Å². The first-order chi connectivity index (χ1) is 15.9. The molecule has 5 rings (SSSR count). The highest BCUT2D eigenvalue weighted by atomic mass is 16.6. The van der Waals surface area contributed by atoms with Gasteiger partial charge in [0.05, 0.1) is 11.6 Å². The minimum Gasteiger partial charge on any atom is -0.444 e. The van der Waals surface area contributed by atoms with E-state index in [2.05, 4.69) is 56.7 Å². The lowest BCUT2D eigenvalue weighted by molar-refractivity contribution is -0.0282. The Morgan fingerprint density at radius 3 is 2.58 bits per heavy atom. The zero-order chi connectivity index (χ0) is 23.0. The van der Waals surface area contributed by atoms with Crippen molar-refractivity contribution in [1.29, 1.82) is 0 Å². The van der Waals surface area contributed by atoms with Gasteiger partial charge >= 0.3 is 6.09 Å². The third-order valence-electron chi connectivity index (χ3n) is 7.15. The molecule has 2 aromatic rings. The van der Waals surface area contributed by atoms with E-state index in [1.807, 2.05) is 13.8 Å². The Hall–Kier alpha value is -2.71. The predicted octanol–water partition coefficient (Wildman–Crippen LogP) is 3.70. The summed E-state index contributed by atoms with van der Waals surface area (Å²) in [5.41, 5.74) is 3.92. The highest BCUT2D eigenvalue weighted by Crippen LogP contribution is 2.39. The lowest BCUT2D eigenvalue weighted by atomic mass is 9.72. The minimum absolute atomic E-state index is 0.0414. The third kappa shape index (κ3) is 4.54. The summed E-state index contributed by atoms with van der Waals surface area (Å²) in [5.74, 6) is 1.14. The van der Waals surface area contributed by atoms with Crippen LogP contribution in [0, 0.1) is 5.41 Å². The molecular formula is C25H34N6O2. The number of nitrogens with one attached hydrogen (secondary N) is 2. The fourth-order valence-electron chi connectivity index (χ4n) is 5.26. The van der Waals surface area contributed by atoms with Crippen molar-refractivity contribution < 1.29 is 9.53 Å². The van der Waals surface area contributed by atoms with Gasteiger partial charge in [-0.15, -0.1) is 0 Å². The molecule has 2 N–H and O–H groups in total. The highest BCUT2D eigenvalue weighted by molar-refractivity contribution is 5.89. The zero-order valence-corrected chi connectivity index (χ0v) is 19.8. The average Bonchev–Trinajstić information content (AvgIpc) is 2.78. The molecule has 1 amide bonds. The van der Waals surface area contributed by atoms with Crippen LogP contribution in [-0.2, 0) is 17.9 Å². The molecule has 0 radical (unpaired) electrons. The highest BCUT2D eigenvalue weighted by Gasteiger charge is 2.42. The maximum absolute atomic E-state index is 12.2. The van der Waals surface area contributed by atoms with Gasteiger partial charge in [-0.2, -0.15) is 4.98 Å². The first-order valence-electron chi connectivity index (χ1n) is 12.0. The van der Waals surface area contributed by atoms with Gasteiger partial charge in [0.2, 0.25) is 5.95 Å². The van der Waals surface area contributed by atoms with E-state index >= 15 is 0 Å². The molecule has 2 fully saturated rings. The summed E-state index contributed by atoms with van der Waals surface area (Å²) < 4.78 is 5.23. The van der Waals surface area contributed by atoms with Gasteiger partial charge in [-0.3, -0.25) is 9.80 Å². The van der Waals surface area contributed by atoms with E-state index in [0.29, 0.717) is 17.2 Å². The third-order valence-corrected chi connectivity index (χ3v) is 7.15. The molecule has 3 aliphatic rings. The van der Waals surface area contributed by atoms with Crippen LogP contribution in [0.5, 0.6) is 0 Å². The Kier molecular flexibility index (Phi) is 5.97. The Morgan fingerprint density at radius 1 is 1.15 bits per heavy atom. The van der Waals surface area contributed by atoms with Crippen molar-refractivity contribution in [2.45, 2.75) is 58.8 Å². The van der Waals surface area contributed by atoms with Gasteiger partial charge in [-0.05, 0) is 63.2 Å². The van der Waals surface area contributed by atoms with Crippen LogP contribution in [0.25, 0.3) is 0 Å². The van der Waals surface area contributed by atoms with E-state index in [-0.39, 0.29) is 24.8 Å². The van der Waals surface area contributed by atoms with Crippen molar-refractivity contribution >= 4 is 17.9 Å². The summed E-state index contributed by atoms with van der Waals surface area (Å²) in [7, 11) is 0. The molecule has 1 spiro atoms. The summed E-state index contributed by atoms with van der Waals surface area (Å²) in [6.07, 6.45) is 4.00. The lowest BCUT2D eigenvalue weighted by Crippen LogP contribution is -2.59. The number of ether oxygens (including phenoxy) is 1. The molecule has 3 aliphatic heterocycles. The van der Waals surface area contributed by atoms with Crippen molar-refractivity contribution in [2.75, 3.05) is 36.4 Å².